The maximum absolute atomic E-state index is 12.5. The molecular formula is C22H38O5. The Kier molecular flexibility index (Phi) is 12.3. The van der Waals surface area contributed by atoms with Gasteiger partial charge < -0.3 is 14.9 Å². The first-order valence-electron chi connectivity index (χ1n) is 10.7. The molecular weight excluding hydrogens is 344 g/mol. The smallest absolute Gasteiger partial charge is 0.302 e. The van der Waals surface area contributed by atoms with Crippen LogP contribution in [0, 0.1) is 11.8 Å². The molecule has 0 heterocycles. The average molecular weight is 383 g/mol. The van der Waals surface area contributed by atoms with Crippen LogP contribution in [0.4, 0.5) is 0 Å². The second kappa shape index (κ2) is 13.9. The lowest BCUT2D eigenvalue weighted by Gasteiger charge is -2.21. The molecule has 1 saturated carbocycles. The lowest BCUT2D eigenvalue weighted by atomic mass is 9.88. The Bertz CT molecular complexity index is 460. The molecule has 5 heteroatoms. The number of ketones is 1. The third-order valence-corrected chi connectivity index (χ3v) is 5.36. The fourth-order valence-electron chi connectivity index (χ4n) is 3.87. The van der Waals surface area contributed by atoms with Crippen molar-refractivity contribution in [1.29, 1.82) is 0 Å². The van der Waals surface area contributed by atoms with Gasteiger partial charge in [0.15, 0.2) is 0 Å². The molecule has 4 atom stereocenters. The maximum atomic E-state index is 12.5. The molecule has 0 amide bonds. The number of Topliss-reactive ketones (excluding diaryl/α,β-unsaturated/α-hetero) is 1. The highest BCUT2D eigenvalue weighted by molar-refractivity contribution is 5.85. The van der Waals surface area contributed by atoms with Crippen LogP contribution in [0.2, 0.25) is 0 Å². The first-order chi connectivity index (χ1) is 13.0. The number of unbranched alkanes of at least 4 members (excludes halogenated alkanes) is 6. The molecule has 1 rings (SSSR count). The first kappa shape index (κ1) is 23.8. The topological polar surface area (TPSA) is 83.8 Å². The first-order valence-corrected chi connectivity index (χ1v) is 10.7. The van der Waals surface area contributed by atoms with Crippen LogP contribution in [0.15, 0.2) is 12.2 Å². The van der Waals surface area contributed by atoms with Crippen LogP contribution >= 0.6 is 0 Å². The molecule has 0 aromatic carbocycles. The van der Waals surface area contributed by atoms with Crippen LogP contribution in [0.3, 0.4) is 0 Å². The van der Waals surface area contributed by atoms with Gasteiger partial charge in [-0.05, 0) is 19.3 Å². The van der Waals surface area contributed by atoms with Crippen molar-refractivity contribution < 1.29 is 24.5 Å². The minimum absolute atomic E-state index is 0.133. The van der Waals surface area contributed by atoms with Crippen LogP contribution in [-0.4, -0.2) is 40.8 Å². The van der Waals surface area contributed by atoms with E-state index in [-0.39, 0.29) is 36.6 Å². The summed E-state index contributed by atoms with van der Waals surface area (Å²) in [4.78, 5) is 23.9. The number of aliphatic hydroxyl groups excluding tert-OH is 2. The zero-order valence-electron chi connectivity index (χ0n) is 17.1. The van der Waals surface area contributed by atoms with E-state index in [1.807, 2.05) is 6.08 Å². The van der Waals surface area contributed by atoms with E-state index in [9.17, 15) is 14.7 Å². The number of rotatable bonds is 14. The second-order valence-corrected chi connectivity index (χ2v) is 7.73. The predicted molar refractivity (Wildman–Crippen MR) is 106 cm³/mol. The normalized spacial score (nSPS) is 23.9. The van der Waals surface area contributed by atoms with Crippen molar-refractivity contribution >= 4 is 11.8 Å². The number of hydrogen-bond acceptors (Lipinski definition) is 5. The minimum atomic E-state index is -0.510. The van der Waals surface area contributed by atoms with E-state index >= 15 is 0 Å². The Hall–Kier alpha value is -1.20. The third kappa shape index (κ3) is 9.52. The summed E-state index contributed by atoms with van der Waals surface area (Å²) in [5.41, 5.74) is 0. The SMILES string of the molecule is CCCCC[C@H](O)/C=C/[C@H]1[C@H](OC(C)=O)CC(=O)[C@@H]1CCCCCCCO. The Morgan fingerprint density at radius 1 is 1.19 bits per heavy atom. The Morgan fingerprint density at radius 3 is 2.56 bits per heavy atom. The molecule has 1 aliphatic rings. The zero-order chi connectivity index (χ0) is 20.1. The van der Waals surface area contributed by atoms with Gasteiger partial charge in [0, 0.05) is 31.8 Å². The molecule has 0 spiro atoms. The Labute approximate surface area is 164 Å². The summed E-state index contributed by atoms with van der Waals surface area (Å²) in [6, 6.07) is 0. The van der Waals surface area contributed by atoms with E-state index in [2.05, 4.69) is 6.92 Å². The summed E-state index contributed by atoms with van der Waals surface area (Å²) in [6.45, 7) is 3.74. The van der Waals surface area contributed by atoms with Crippen LogP contribution in [0.1, 0.15) is 84.5 Å². The maximum Gasteiger partial charge on any atom is 0.302 e. The van der Waals surface area contributed by atoms with Crippen molar-refractivity contribution in [1.82, 2.24) is 0 Å². The lowest BCUT2D eigenvalue weighted by Crippen LogP contribution is -2.23. The molecule has 2 N–H and O–H groups in total. The Morgan fingerprint density at radius 2 is 1.89 bits per heavy atom. The molecule has 5 nitrogen and oxygen atoms in total. The molecule has 27 heavy (non-hydrogen) atoms. The van der Waals surface area contributed by atoms with E-state index in [1.54, 1.807) is 6.08 Å². The summed E-state index contributed by atoms with van der Waals surface area (Å²) in [7, 11) is 0. The number of esters is 1. The van der Waals surface area contributed by atoms with Crippen molar-refractivity contribution in [2.75, 3.05) is 6.61 Å². The van der Waals surface area contributed by atoms with E-state index in [0.29, 0.717) is 0 Å². The number of carbonyl (C=O) groups excluding carboxylic acids is 2. The molecule has 0 aromatic rings. The molecule has 0 radical (unpaired) electrons. The summed E-state index contributed by atoms with van der Waals surface area (Å²) in [5.74, 6) is -0.475. The van der Waals surface area contributed by atoms with E-state index in [0.717, 1.165) is 64.2 Å². The summed E-state index contributed by atoms with van der Waals surface area (Å²) in [5, 5.41) is 19.0. The van der Waals surface area contributed by atoms with E-state index in [1.165, 1.54) is 6.92 Å². The summed E-state index contributed by atoms with van der Waals surface area (Å²) >= 11 is 0. The van der Waals surface area contributed by atoms with Crippen LogP contribution < -0.4 is 0 Å². The van der Waals surface area contributed by atoms with Crippen molar-refractivity contribution in [3.8, 4) is 0 Å². The standard InChI is InChI=1S/C22H38O5/c1-3-4-8-11-18(25)13-14-20-19(12-9-6-5-7-10-15-23)21(26)16-22(20)27-17(2)24/h13-14,18-20,22-23,25H,3-12,15-16H2,1-2H3/b14-13+/t18-,19+,20+,22+/m0/s1. The van der Waals surface area contributed by atoms with Crippen LogP contribution in [0.25, 0.3) is 0 Å². The van der Waals surface area contributed by atoms with Gasteiger partial charge in [-0.1, -0.05) is 64.0 Å². The molecule has 156 valence electrons. The van der Waals surface area contributed by atoms with Gasteiger partial charge in [-0.2, -0.15) is 0 Å². The molecule has 0 aliphatic heterocycles. The fraction of sp³-hybridized carbons (Fsp3) is 0.818. The highest BCUT2D eigenvalue weighted by Crippen LogP contribution is 2.36. The van der Waals surface area contributed by atoms with Crippen molar-refractivity contribution in [3.05, 3.63) is 12.2 Å². The molecule has 0 aromatic heterocycles. The second-order valence-electron chi connectivity index (χ2n) is 7.73. The molecule has 0 unspecified atom stereocenters. The highest BCUT2D eigenvalue weighted by Gasteiger charge is 2.42. The number of hydrogen-bond donors (Lipinski definition) is 2. The summed E-state index contributed by atoms with van der Waals surface area (Å²) < 4.78 is 5.39. The Balaban J connectivity index is 2.61. The van der Waals surface area contributed by atoms with Gasteiger partial charge in [0.1, 0.15) is 11.9 Å². The van der Waals surface area contributed by atoms with Gasteiger partial charge in [-0.3, -0.25) is 9.59 Å². The van der Waals surface area contributed by atoms with E-state index in [4.69, 9.17) is 9.84 Å². The molecule has 1 fully saturated rings. The highest BCUT2D eigenvalue weighted by atomic mass is 16.5. The van der Waals surface area contributed by atoms with Crippen LogP contribution in [0.5, 0.6) is 0 Å². The van der Waals surface area contributed by atoms with Gasteiger partial charge >= 0.3 is 5.97 Å². The average Bonchev–Trinajstić information content (AvgIpc) is 2.90. The number of aliphatic hydroxyl groups is 2. The van der Waals surface area contributed by atoms with Crippen molar-refractivity contribution in [3.63, 3.8) is 0 Å². The van der Waals surface area contributed by atoms with Crippen LogP contribution in [-0.2, 0) is 14.3 Å². The molecule has 1 aliphatic carbocycles. The fourth-order valence-corrected chi connectivity index (χ4v) is 3.87. The van der Waals surface area contributed by atoms with Gasteiger partial charge in [0.05, 0.1) is 6.10 Å². The number of carbonyl (C=O) groups is 2. The lowest BCUT2D eigenvalue weighted by molar-refractivity contribution is -0.147. The van der Waals surface area contributed by atoms with E-state index < -0.39 is 12.2 Å². The van der Waals surface area contributed by atoms with Crippen molar-refractivity contribution in [2.24, 2.45) is 11.8 Å². The zero-order valence-corrected chi connectivity index (χ0v) is 17.1. The summed E-state index contributed by atoms with van der Waals surface area (Å²) in [6.07, 6.45) is 12.6. The van der Waals surface area contributed by atoms with Gasteiger partial charge in [-0.25, -0.2) is 0 Å². The largest absolute Gasteiger partial charge is 0.461 e. The monoisotopic (exact) mass is 382 g/mol. The van der Waals surface area contributed by atoms with Gasteiger partial charge in [0.2, 0.25) is 0 Å². The molecule has 0 bridgehead atoms. The van der Waals surface area contributed by atoms with Crippen molar-refractivity contribution in [2.45, 2.75) is 96.7 Å². The third-order valence-electron chi connectivity index (χ3n) is 5.36. The van der Waals surface area contributed by atoms with Gasteiger partial charge in [0.25, 0.3) is 0 Å². The quantitative estimate of drug-likeness (QED) is 0.270. The predicted octanol–water partition coefficient (Wildman–Crippen LogP) is 3.95. The minimum Gasteiger partial charge on any atom is -0.461 e. The van der Waals surface area contributed by atoms with Gasteiger partial charge in [-0.15, -0.1) is 0 Å². The number of ether oxygens (including phenoxy) is 1. The molecule has 0 saturated heterocycles.